The fraction of sp³-hybridized carbons (Fsp3) is 0.750. The van der Waals surface area contributed by atoms with Crippen LogP contribution in [0.15, 0.2) is 24.3 Å². The second-order valence-electron chi connectivity index (χ2n) is 18.1. The van der Waals surface area contributed by atoms with Crippen LogP contribution < -0.4 is 32.7 Å². The van der Waals surface area contributed by atoms with Crippen LogP contribution in [0.3, 0.4) is 0 Å². The van der Waals surface area contributed by atoms with Gasteiger partial charge in [0, 0.05) is 51.9 Å². The largest absolute Gasteiger partial charge is 0.508 e. The number of carbonyl (C=O) groups is 7. The molecular weight excluding hydrogens is 885 g/mol. The summed E-state index contributed by atoms with van der Waals surface area (Å²) in [5.74, 6) is -1.72. The van der Waals surface area contributed by atoms with Crippen LogP contribution in [-0.2, 0) is 49.5 Å². The van der Waals surface area contributed by atoms with Crippen molar-refractivity contribution in [3.05, 3.63) is 29.8 Å². The predicted octanol–water partition coefficient (Wildman–Crippen LogP) is 5.63. The Morgan fingerprint density at radius 1 is 0.652 bits per heavy atom. The van der Waals surface area contributed by atoms with Crippen molar-refractivity contribution in [2.75, 3.05) is 53.2 Å². The second-order valence-corrected chi connectivity index (χ2v) is 18.1. The quantitative estimate of drug-likeness (QED) is 0.0370. The van der Waals surface area contributed by atoms with Gasteiger partial charge in [-0.05, 0) is 82.9 Å². The molecule has 0 unspecified atom stereocenters. The number of aliphatic hydroxyl groups is 1. The van der Waals surface area contributed by atoms with Gasteiger partial charge in [0.1, 0.15) is 18.1 Å². The molecule has 4 atom stereocenters. The van der Waals surface area contributed by atoms with Gasteiger partial charge in [-0.2, -0.15) is 0 Å². The number of phenols is 1. The van der Waals surface area contributed by atoms with Crippen LogP contribution >= 0.6 is 0 Å². The fourth-order valence-corrected chi connectivity index (χ4v) is 7.35. The van der Waals surface area contributed by atoms with Crippen LogP contribution in [0.4, 0.5) is 0 Å². The van der Waals surface area contributed by atoms with Crippen molar-refractivity contribution in [2.45, 2.75) is 187 Å². The first-order valence-electron chi connectivity index (χ1n) is 25.8. The molecule has 396 valence electrons. The first kappa shape index (κ1) is 64.5. The van der Waals surface area contributed by atoms with Crippen LogP contribution in [0.25, 0.3) is 0 Å². The third-order valence-corrected chi connectivity index (χ3v) is 12.0. The maximum absolute atomic E-state index is 12.8. The Morgan fingerprint density at radius 2 is 1.12 bits per heavy atom. The van der Waals surface area contributed by atoms with Crippen molar-refractivity contribution in [3.63, 3.8) is 0 Å². The SMILES string of the molecule is CC[C@@H](CO)C(N)=O.COCCOCC(=O)NCCCCCCCCCCC(=O)NCCCCCCCCCCC(=O)NCCCC[C@H](CC(=O)[C@@H](C)NC(=O)[C@@H](N)Cc1ccc(O)cc1)C(C)=O. The minimum atomic E-state index is -0.854. The van der Waals surface area contributed by atoms with E-state index >= 15 is 0 Å². The zero-order chi connectivity index (χ0) is 51.5. The Balaban J connectivity index is 0.00000526. The monoisotopic (exact) mass is 977 g/mol. The summed E-state index contributed by atoms with van der Waals surface area (Å²) in [4.78, 5) is 84.0. The number of unbranched alkanes of at least 4 members (excludes halogenated alkanes) is 15. The number of methoxy groups -OCH3 is 1. The Morgan fingerprint density at radius 3 is 1.55 bits per heavy atom. The van der Waals surface area contributed by atoms with E-state index in [9.17, 15) is 38.7 Å². The first-order valence-corrected chi connectivity index (χ1v) is 25.8. The number of phenolic OH excluding ortho intramolecular Hbond substituents is 1. The molecule has 0 heterocycles. The van der Waals surface area contributed by atoms with Gasteiger partial charge in [0.05, 0.1) is 37.8 Å². The minimum Gasteiger partial charge on any atom is -0.508 e. The molecule has 0 saturated heterocycles. The molecule has 1 aromatic carbocycles. The van der Waals surface area contributed by atoms with E-state index in [1.165, 1.54) is 44.7 Å². The number of benzene rings is 1. The van der Waals surface area contributed by atoms with Gasteiger partial charge in [-0.3, -0.25) is 33.6 Å². The molecule has 5 amide bonds. The van der Waals surface area contributed by atoms with Crippen molar-refractivity contribution in [2.24, 2.45) is 23.3 Å². The lowest BCUT2D eigenvalue weighted by atomic mass is 9.91. The van der Waals surface area contributed by atoms with Crippen molar-refractivity contribution in [1.29, 1.82) is 0 Å². The molecule has 10 N–H and O–H groups in total. The number of primary amides is 1. The van der Waals surface area contributed by atoms with Crippen molar-refractivity contribution < 1.29 is 53.2 Å². The van der Waals surface area contributed by atoms with Gasteiger partial charge in [0.2, 0.25) is 29.5 Å². The van der Waals surface area contributed by atoms with E-state index in [2.05, 4.69) is 21.3 Å². The van der Waals surface area contributed by atoms with Gasteiger partial charge < -0.3 is 52.4 Å². The van der Waals surface area contributed by atoms with Crippen LogP contribution in [0.5, 0.6) is 5.75 Å². The van der Waals surface area contributed by atoms with Gasteiger partial charge in [-0.15, -0.1) is 0 Å². The van der Waals surface area contributed by atoms with Crippen molar-refractivity contribution in [1.82, 2.24) is 21.3 Å². The number of carbonyl (C=O) groups excluding carboxylic acids is 7. The number of aromatic hydroxyl groups is 1. The predicted molar refractivity (Wildman–Crippen MR) is 270 cm³/mol. The molecule has 0 saturated carbocycles. The third-order valence-electron chi connectivity index (χ3n) is 12.0. The highest BCUT2D eigenvalue weighted by molar-refractivity contribution is 5.93. The fourth-order valence-electron chi connectivity index (χ4n) is 7.35. The van der Waals surface area contributed by atoms with Gasteiger partial charge in [-0.25, -0.2) is 0 Å². The van der Waals surface area contributed by atoms with Crippen LogP contribution in [0, 0.1) is 11.8 Å². The van der Waals surface area contributed by atoms with Crippen LogP contribution in [0.2, 0.25) is 0 Å². The zero-order valence-corrected chi connectivity index (χ0v) is 42.8. The molecule has 17 heteroatoms. The number of ketones is 2. The van der Waals surface area contributed by atoms with E-state index in [-0.39, 0.29) is 67.0 Å². The molecule has 0 bridgehead atoms. The molecule has 0 spiro atoms. The number of Topliss-reactive ketones (excluding diaryl/α,β-unsaturated/α-hetero) is 2. The average Bonchev–Trinajstić information content (AvgIpc) is 3.31. The molecule has 0 aliphatic heterocycles. The number of aliphatic hydroxyl groups excluding tert-OH is 1. The smallest absolute Gasteiger partial charge is 0.245 e. The molecular formula is C52H92N6O11. The summed E-state index contributed by atoms with van der Waals surface area (Å²) in [6, 6.07) is 4.79. The number of nitrogens with one attached hydrogen (secondary N) is 4. The van der Waals surface area contributed by atoms with E-state index in [4.69, 9.17) is 26.0 Å². The summed E-state index contributed by atoms with van der Waals surface area (Å²) in [6.45, 7) is 7.72. The van der Waals surface area contributed by atoms with E-state index in [0.29, 0.717) is 64.8 Å². The average molecular weight is 977 g/mol. The minimum absolute atomic E-state index is 0.0392. The molecule has 1 aromatic rings. The number of amides is 5. The third kappa shape index (κ3) is 38.0. The Labute approximate surface area is 413 Å². The summed E-state index contributed by atoms with van der Waals surface area (Å²) >= 11 is 0. The topological polar surface area (TPSA) is 279 Å². The Kier molecular flexibility index (Phi) is 40.8. The van der Waals surface area contributed by atoms with E-state index in [1.807, 2.05) is 6.92 Å². The second kappa shape index (κ2) is 43.6. The molecule has 0 aromatic heterocycles. The van der Waals surface area contributed by atoms with Gasteiger partial charge >= 0.3 is 0 Å². The molecule has 1 rings (SSSR count). The van der Waals surface area contributed by atoms with Gasteiger partial charge in [0.25, 0.3) is 0 Å². The lowest BCUT2D eigenvalue weighted by Gasteiger charge is -2.19. The summed E-state index contributed by atoms with van der Waals surface area (Å²) in [6.07, 6.45) is 21.4. The molecule has 0 aliphatic carbocycles. The maximum atomic E-state index is 12.8. The summed E-state index contributed by atoms with van der Waals surface area (Å²) < 4.78 is 10.1. The molecule has 69 heavy (non-hydrogen) atoms. The highest BCUT2D eigenvalue weighted by Crippen LogP contribution is 2.17. The van der Waals surface area contributed by atoms with E-state index in [1.54, 1.807) is 26.2 Å². The summed E-state index contributed by atoms with van der Waals surface area (Å²) in [5.41, 5.74) is 11.7. The molecule has 0 radical (unpaired) electrons. The zero-order valence-electron chi connectivity index (χ0n) is 42.8. The Hall–Kier alpha value is -4.45. The molecule has 17 nitrogen and oxygen atoms in total. The number of ether oxygens (including phenoxy) is 2. The first-order chi connectivity index (χ1) is 33.1. The van der Waals surface area contributed by atoms with Gasteiger partial charge in [-0.1, -0.05) is 103 Å². The number of hydrogen-bond acceptors (Lipinski definition) is 12. The van der Waals surface area contributed by atoms with Gasteiger partial charge in [0.15, 0.2) is 5.78 Å². The standard InChI is InChI=1S/C47H81N5O9.C5H11NO2/c1-37(52-47(59)42(48)34-39-25-27-41(54)28-26-39)43(55)35-40(38(2)53)22-18-21-31-50-45(57)24-17-13-8-4-6-10-14-19-29-49-44(56)23-16-12-9-5-7-11-15-20-30-51-46(58)36-61-33-32-60-3;1-2-4(3-7)5(6)8/h25-28,37,40,42,54H,4-24,29-36,48H2,1-3H3,(H,49,56)(H,50,57)(H,51,58)(H,52,59);4,7H,2-3H2,1H3,(H2,6,8)/t37-,40-,42+;4-/m10/s1. The number of rotatable bonds is 43. The van der Waals surface area contributed by atoms with Crippen molar-refractivity contribution >= 4 is 41.1 Å². The molecule has 0 aliphatic rings. The maximum Gasteiger partial charge on any atom is 0.245 e. The summed E-state index contributed by atoms with van der Waals surface area (Å²) in [7, 11) is 1.60. The van der Waals surface area contributed by atoms with E-state index < -0.39 is 29.8 Å². The highest BCUT2D eigenvalue weighted by atomic mass is 16.5. The molecule has 0 fully saturated rings. The Bertz CT molecular complexity index is 1540. The number of nitrogens with two attached hydrogens (primary N) is 2. The van der Waals surface area contributed by atoms with Crippen molar-refractivity contribution in [3.8, 4) is 5.75 Å². The normalized spacial score (nSPS) is 12.7. The van der Waals surface area contributed by atoms with Crippen LogP contribution in [-0.4, -0.2) is 117 Å². The lowest BCUT2D eigenvalue weighted by molar-refractivity contribution is -0.130. The summed E-state index contributed by atoms with van der Waals surface area (Å²) in [5, 5.41) is 29.4. The lowest BCUT2D eigenvalue weighted by Crippen LogP contribution is -2.48. The highest BCUT2D eigenvalue weighted by Gasteiger charge is 2.25. The van der Waals surface area contributed by atoms with Crippen LogP contribution in [0.1, 0.15) is 174 Å². The number of hydrogen-bond donors (Lipinski definition) is 8. The van der Waals surface area contributed by atoms with E-state index in [0.717, 1.165) is 89.2 Å².